The van der Waals surface area contributed by atoms with Gasteiger partial charge >= 0.3 is 0 Å². The van der Waals surface area contributed by atoms with Crippen LogP contribution in [0.1, 0.15) is 10.4 Å². The first kappa shape index (κ1) is 17.3. The Labute approximate surface area is 149 Å². The Morgan fingerprint density at radius 1 is 0.962 bits per heavy atom. The number of aliphatic hydroxyl groups is 1. The first-order valence-electron chi connectivity index (χ1n) is 7.90. The lowest BCUT2D eigenvalue weighted by Gasteiger charge is -2.16. The van der Waals surface area contributed by atoms with E-state index in [0.29, 0.717) is 5.56 Å². The summed E-state index contributed by atoms with van der Waals surface area (Å²) in [6, 6.07) is 15.7. The van der Waals surface area contributed by atoms with E-state index in [0.717, 1.165) is 11.1 Å². The molecule has 1 heterocycles. The number of nitrogens with one attached hydrogen (secondary N) is 2. The number of hydrogen-bond donors (Lipinski definition) is 3. The van der Waals surface area contributed by atoms with Crippen LogP contribution in [0.15, 0.2) is 67.3 Å². The number of amides is 2. The number of benzene rings is 2. The van der Waals surface area contributed by atoms with E-state index in [1.165, 1.54) is 17.3 Å². The highest BCUT2D eigenvalue weighted by atomic mass is 16.3. The lowest BCUT2D eigenvalue weighted by Crippen LogP contribution is -2.47. The largest absolute Gasteiger partial charge is 0.394 e. The zero-order valence-electron chi connectivity index (χ0n) is 13.7. The monoisotopic (exact) mass is 351 g/mol. The Bertz CT molecular complexity index is 864. The van der Waals surface area contributed by atoms with Crippen LogP contribution in [-0.2, 0) is 4.79 Å². The second-order valence-corrected chi connectivity index (χ2v) is 5.50. The predicted molar refractivity (Wildman–Crippen MR) is 94.6 cm³/mol. The Morgan fingerprint density at radius 2 is 1.58 bits per heavy atom. The Morgan fingerprint density at radius 3 is 2.19 bits per heavy atom. The fraction of sp³-hybridized carbons (Fsp3) is 0.111. The lowest BCUT2D eigenvalue weighted by molar-refractivity contribution is -0.119. The van der Waals surface area contributed by atoms with Gasteiger partial charge in [0.25, 0.3) is 11.8 Å². The highest BCUT2D eigenvalue weighted by molar-refractivity contribution is 5.99. The molecule has 2 aromatic carbocycles. The highest BCUT2D eigenvalue weighted by Crippen LogP contribution is 2.19. The molecule has 0 fully saturated rings. The van der Waals surface area contributed by atoms with Crippen molar-refractivity contribution in [1.29, 1.82) is 0 Å². The predicted octanol–water partition coefficient (Wildman–Crippen LogP) is 0.806. The standard InChI is InChI=1S/C18H17N5O3/c24-10-16(18(26)22-23-11-19-20-12-23)21-17(25)15-8-6-14(7-9-15)13-4-2-1-3-5-13/h1-9,11-12,16,24H,10H2,(H,21,25)(H,22,26)/t16-/m0/s1. The molecule has 0 saturated heterocycles. The summed E-state index contributed by atoms with van der Waals surface area (Å²) in [7, 11) is 0. The molecule has 132 valence electrons. The summed E-state index contributed by atoms with van der Waals surface area (Å²) in [6.07, 6.45) is 2.58. The second kappa shape index (κ2) is 8.04. The van der Waals surface area contributed by atoms with Crippen LogP contribution in [0.4, 0.5) is 0 Å². The van der Waals surface area contributed by atoms with E-state index in [-0.39, 0.29) is 0 Å². The molecule has 0 spiro atoms. The molecule has 0 unspecified atom stereocenters. The minimum Gasteiger partial charge on any atom is -0.394 e. The number of carbonyl (C=O) groups is 2. The molecule has 8 heteroatoms. The van der Waals surface area contributed by atoms with Gasteiger partial charge in [-0.3, -0.25) is 15.0 Å². The summed E-state index contributed by atoms with van der Waals surface area (Å²) in [6.45, 7) is -0.540. The average Bonchev–Trinajstić information content (AvgIpc) is 3.19. The third-order valence-corrected chi connectivity index (χ3v) is 3.72. The number of nitrogens with zero attached hydrogens (tertiary/aromatic N) is 3. The van der Waals surface area contributed by atoms with Crippen LogP contribution in [0.25, 0.3) is 11.1 Å². The first-order chi connectivity index (χ1) is 12.7. The SMILES string of the molecule is O=C(N[C@@H](CO)C(=O)Nn1cnnc1)c1ccc(-c2ccccc2)cc1. The molecular weight excluding hydrogens is 334 g/mol. The number of aliphatic hydroxyl groups excluding tert-OH is 1. The molecule has 0 radical (unpaired) electrons. The number of hydrogen-bond acceptors (Lipinski definition) is 5. The van der Waals surface area contributed by atoms with Gasteiger partial charge in [-0.2, -0.15) is 0 Å². The van der Waals surface area contributed by atoms with E-state index in [9.17, 15) is 14.7 Å². The van der Waals surface area contributed by atoms with E-state index in [2.05, 4.69) is 20.9 Å². The third kappa shape index (κ3) is 4.11. The van der Waals surface area contributed by atoms with Gasteiger partial charge in [0.05, 0.1) is 6.61 Å². The van der Waals surface area contributed by atoms with Gasteiger partial charge in [-0.15, -0.1) is 10.2 Å². The van der Waals surface area contributed by atoms with Gasteiger partial charge in [0.1, 0.15) is 18.7 Å². The van der Waals surface area contributed by atoms with Gasteiger partial charge in [-0.1, -0.05) is 42.5 Å². The van der Waals surface area contributed by atoms with Gasteiger partial charge < -0.3 is 10.4 Å². The molecule has 3 N–H and O–H groups in total. The van der Waals surface area contributed by atoms with Crippen molar-refractivity contribution in [2.75, 3.05) is 12.0 Å². The second-order valence-electron chi connectivity index (χ2n) is 5.50. The normalized spacial score (nSPS) is 11.6. The molecule has 2 amide bonds. The molecule has 1 aromatic heterocycles. The summed E-state index contributed by atoms with van der Waals surface area (Å²) in [4.78, 5) is 24.4. The summed E-state index contributed by atoms with van der Waals surface area (Å²) >= 11 is 0. The molecule has 0 bridgehead atoms. The molecule has 3 rings (SSSR count). The summed E-state index contributed by atoms with van der Waals surface area (Å²) < 4.78 is 1.23. The van der Waals surface area contributed by atoms with Crippen molar-refractivity contribution in [1.82, 2.24) is 20.2 Å². The van der Waals surface area contributed by atoms with Crippen LogP contribution in [0.3, 0.4) is 0 Å². The molecule has 0 aliphatic heterocycles. The minimum atomic E-state index is -1.10. The smallest absolute Gasteiger partial charge is 0.263 e. The zero-order valence-corrected chi connectivity index (χ0v) is 13.7. The fourth-order valence-electron chi connectivity index (χ4n) is 2.34. The van der Waals surface area contributed by atoms with Crippen LogP contribution < -0.4 is 10.7 Å². The van der Waals surface area contributed by atoms with Gasteiger partial charge in [-0.25, -0.2) is 4.68 Å². The highest BCUT2D eigenvalue weighted by Gasteiger charge is 2.21. The van der Waals surface area contributed by atoms with Gasteiger partial charge in [0.2, 0.25) is 0 Å². The maximum Gasteiger partial charge on any atom is 0.263 e. The molecule has 26 heavy (non-hydrogen) atoms. The van der Waals surface area contributed by atoms with Crippen molar-refractivity contribution in [3.05, 3.63) is 72.8 Å². The van der Waals surface area contributed by atoms with Crippen molar-refractivity contribution in [2.45, 2.75) is 6.04 Å². The van der Waals surface area contributed by atoms with E-state index in [1.54, 1.807) is 12.1 Å². The molecule has 0 aliphatic rings. The minimum absolute atomic E-state index is 0.389. The molecule has 3 aromatic rings. The van der Waals surface area contributed by atoms with Crippen LogP contribution >= 0.6 is 0 Å². The lowest BCUT2D eigenvalue weighted by atomic mass is 10.0. The Kier molecular flexibility index (Phi) is 5.35. The number of rotatable bonds is 6. The summed E-state index contributed by atoms with van der Waals surface area (Å²) in [5.41, 5.74) is 4.85. The Balaban J connectivity index is 1.65. The number of carbonyl (C=O) groups excluding carboxylic acids is 2. The Hall–Kier alpha value is -3.52. The van der Waals surface area contributed by atoms with Crippen molar-refractivity contribution in [3.8, 4) is 11.1 Å². The van der Waals surface area contributed by atoms with Gasteiger partial charge in [0, 0.05) is 5.56 Å². The molecule has 1 atom stereocenters. The van der Waals surface area contributed by atoms with E-state index in [4.69, 9.17) is 0 Å². The van der Waals surface area contributed by atoms with E-state index >= 15 is 0 Å². The average molecular weight is 351 g/mol. The molecule has 8 nitrogen and oxygen atoms in total. The topological polar surface area (TPSA) is 109 Å². The van der Waals surface area contributed by atoms with Crippen LogP contribution in [0.5, 0.6) is 0 Å². The van der Waals surface area contributed by atoms with Gasteiger partial charge in [-0.05, 0) is 23.3 Å². The van der Waals surface area contributed by atoms with Crippen LogP contribution in [0, 0.1) is 0 Å². The fourth-order valence-corrected chi connectivity index (χ4v) is 2.34. The molecule has 0 saturated carbocycles. The van der Waals surface area contributed by atoms with Crippen molar-refractivity contribution < 1.29 is 14.7 Å². The van der Waals surface area contributed by atoms with Crippen LogP contribution in [0.2, 0.25) is 0 Å². The van der Waals surface area contributed by atoms with Crippen molar-refractivity contribution in [3.63, 3.8) is 0 Å². The molecular formula is C18H17N5O3. The quantitative estimate of drug-likeness (QED) is 0.609. The first-order valence-corrected chi connectivity index (χ1v) is 7.90. The number of aromatic nitrogens is 3. The van der Waals surface area contributed by atoms with Crippen LogP contribution in [-0.4, -0.2) is 44.4 Å². The summed E-state index contributed by atoms with van der Waals surface area (Å²) in [5.74, 6) is -1.04. The zero-order chi connectivity index (χ0) is 18.4. The maximum absolute atomic E-state index is 12.3. The summed E-state index contributed by atoms with van der Waals surface area (Å²) in [5, 5.41) is 19.0. The van der Waals surface area contributed by atoms with E-state index < -0.39 is 24.5 Å². The van der Waals surface area contributed by atoms with Crippen molar-refractivity contribution in [2.24, 2.45) is 0 Å². The van der Waals surface area contributed by atoms with E-state index in [1.807, 2.05) is 42.5 Å². The molecule has 0 aliphatic carbocycles. The maximum atomic E-state index is 12.3. The van der Waals surface area contributed by atoms with Gasteiger partial charge in [0.15, 0.2) is 0 Å². The third-order valence-electron chi connectivity index (χ3n) is 3.72. The van der Waals surface area contributed by atoms with Crippen molar-refractivity contribution >= 4 is 11.8 Å².